The minimum atomic E-state index is -3.10. The van der Waals surface area contributed by atoms with Gasteiger partial charge in [0.1, 0.15) is 14.9 Å². The highest BCUT2D eigenvalue weighted by Crippen LogP contribution is 2.17. The van der Waals surface area contributed by atoms with E-state index in [4.69, 9.17) is 11.6 Å². The first kappa shape index (κ1) is 16.0. The second-order valence-electron chi connectivity index (χ2n) is 4.85. The van der Waals surface area contributed by atoms with Crippen LogP contribution in [0.4, 0.5) is 5.69 Å². The molecule has 0 saturated heterocycles. The number of sulfone groups is 1. The van der Waals surface area contributed by atoms with E-state index in [-0.39, 0.29) is 22.9 Å². The van der Waals surface area contributed by atoms with Crippen LogP contribution in [-0.2, 0) is 9.84 Å². The van der Waals surface area contributed by atoms with Crippen molar-refractivity contribution in [2.75, 3.05) is 17.3 Å². The number of aromatic nitrogens is 2. The topological polar surface area (TPSA) is 81.1 Å². The van der Waals surface area contributed by atoms with Crippen LogP contribution < -0.4 is 10.9 Å². The molecule has 0 aromatic carbocycles. The smallest absolute Gasteiger partial charge is 0.287 e. The number of halogens is 1. The molecule has 1 rings (SSSR count). The van der Waals surface area contributed by atoms with E-state index >= 15 is 0 Å². The SMILES string of the molecule is CC(CS(C)(=O)=O)Nc1cnn(C(C)C)c(=O)c1Cl. The molecule has 0 fully saturated rings. The quantitative estimate of drug-likeness (QED) is 0.887. The highest BCUT2D eigenvalue weighted by atomic mass is 35.5. The van der Waals surface area contributed by atoms with Crippen LogP contribution in [0.2, 0.25) is 5.02 Å². The molecule has 6 nitrogen and oxygen atoms in total. The van der Waals surface area contributed by atoms with Crippen molar-refractivity contribution in [2.24, 2.45) is 0 Å². The molecule has 8 heteroatoms. The van der Waals surface area contributed by atoms with E-state index in [1.807, 2.05) is 13.8 Å². The van der Waals surface area contributed by atoms with Crippen LogP contribution in [0, 0.1) is 0 Å². The molecule has 0 aliphatic heterocycles. The van der Waals surface area contributed by atoms with Crippen molar-refractivity contribution in [3.8, 4) is 0 Å². The van der Waals surface area contributed by atoms with Crippen molar-refractivity contribution < 1.29 is 8.42 Å². The van der Waals surface area contributed by atoms with Gasteiger partial charge in [0.05, 0.1) is 23.7 Å². The summed E-state index contributed by atoms with van der Waals surface area (Å²) in [6, 6.07) is -0.448. The molecule has 0 bridgehead atoms. The first-order chi connectivity index (χ1) is 8.61. The van der Waals surface area contributed by atoms with E-state index in [1.54, 1.807) is 6.92 Å². The lowest BCUT2D eigenvalue weighted by Gasteiger charge is -2.16. The van der Waals surface area contributed by atoms with Crippen molar-refractivity contribution in [1.82, 2.24) is 9.78 Å². The zero-order valence-electron chi connectivity index (χ0n) is 11.3. The Bertz CT molecular complexity index is 610. The molecule has 0 amide bonds. The Morgan fingerprint density at radius 2 is 2.00 bits per heavy atom. The van der Waals surface area contributed by atoms with Gasteiger partial charge in [-0.05, 0) is 20.8 Å². The van der Waals surface area contributed by atoms with Crippen molar-refractivity contribution in [2.45, 2.75) is 32.9 Å². The molecule has 108 valence electrons. The minimum Gasteiger partial charge on any atom is -0.379 e. The average molecular weight is 308 g/mol. The number of nitrogens with one attached hydrogen (secondary N) is 1. The maximum atomic E-state index is 11.9. The van der Waals surface area contributed by atoms with Crippen molar-refractivity contribution in [1.29, 1.82) is 0 Å². The second-order valence-corrected chi connectivity index (χ2v) is 7.42. The normalized spacial score (nSPS) is 13.6. The second kappa shape index (κ2) is 5.92. The summed E-state index contributed by atoms with van der Waals surface area (Å²) in [7, 11) is -3.10. The lowest BCUT2D eigenvalue weighted by molar-refractivity contribution is 0.503. The molecule has 1 N–H and O–H groups in total. The molecule has 0 spiro atoms. The fourth-order valence-corrected chi connectivity index (χ4v) is 2.86. The van der Waals surface area contributed by atoms with Gasteiger partial charge in [-0.15, -0.1) is 0 Å². The average Bonchev–Trinajstić information content (AvgIpc) is 2.21. The third-order valence-corrected chi connectivity index (χ3v) is 3.86. The zero-order valence-corrected chi connectivity index (χ0v) is 12.9. The summed E-state index contributed by atoms with van der Waals surface area (Å²) < 4.78 is 23.6. The molecule has 0 aliphatic carbocycles. The molecule has 1 unspecified atom stereocenters. The fourth-order valence-electron chi connectivity index (χ4n) is 1.67. The van der Waals surface area contributed by atoms with Gasteiger partial charge >= 0.3 is 0 Å². The highest BCUT2D eigenvalue weighted by Gasteiger charge is 2.15. The predicted octanol–water partition coefficient (Wildman–Crippen LogP) is 1.32. The molecule has 1 aromatic rings. The first-order valence-electron chi connectivity index (χ1n) is 5.83. The highest BCUT2D eigenvalue weighted by molar-refractivity contribution is 7.90. The van der Waals surface area contributed by atoms with E-state index in [0.29, 0.717) is 5.69 Å². The van der Waals surface area contributed by atoms with E-state index in [2.05, 4.69) is 10.4 Å². The number of hydrogen-bond acceptors (Lipinski definition) is 5. The van der Waals surface area contributed by atoms with E-state index in [1.165, 1.54) is 10.9 Å². The Hall–Kier alpha value is -1.08. The summed E-state index contributed by atoms with van der Waals surface area (Å²) in [6.45, 7) is 5.35. The molecule has 0 radical (unpaired) electrons. The molecule has 1 heterocycles. The summed E-state index contributed by atoms with van der Waals surface area (Å²) in [5, 5.41) is 6.90. The van der Waals surface area contributed by atoms with Gasteiger partial charge in [-0.25, -0.2) is 13.1 Å². The number of hydrogen-bond donors (Lipinski definition) is 1. The van der Waals surface area contributed by atoms with Gasteiger partial charge in [0.2, 0.25) is 0 Å². The molecule has 19 heavy (non-hydrogen) atoms. The van der Waals surface area contributed by atoms with Gasteiger partial charge in [0.25, 0.3) is 5.56 Å². The van der Waals surface area contributed by atoms with Gasteiger partial charge < -0.3 is 5.32 Å². The monoisotopic (exact) mass is 307 g/mol. The Balaban J connectivity index is 2.98. The van der Waals surface area contributed by atoms with Gasteiger partial charge in [-0.2, -0.15) is 5.10 Å². The lowest BCUT2D eigenvalue weighted by Crippen LogP contribution is -2.29. The standard InChI is InChI=1S/C11H18ClN3O3S/c1-7(2)15-11(16)10(12)9(5-13-15)14-8(3)6-19(4,17)18/h5,7-8,14H,6H2,1-4H3. The van der Waals surface area contributed by atoms with Crippen LogP contribution in [0.1, 0.15) is 26.8 Å². The minimum absolute atomic E-state index is 0.0176. The Labute approximate surface area is 117 Å². The van der Waals surface area contributed by atoms with Crippen LogP contribution in [0.5, 0.6) is 0 Å². The summed E-state index contributed by atoms with van der Waals surface area (Å²) in [4.78, 5) is 11.9. The largest absolute Gasteiger partial charge is 0.379 e. The van der Waals surface area contributed by atoms with Crippen LogP contribution in [0.3, 0.4) is 0 Å². The maximum absolute atomic E-state index is 11.9. The fraction of sp³-hybridized carbons (Fsp3) is 0.636. The van der Waals surface area contributed by atoms with Crippen LogP contribution >= 0.6 is 11.6 Å². The van der Waals surface area contributed by atoms with E-state index in [0.717, 1.165) is 6.26 Å². The zero-order chi connectivity index (χ0) is 14.8. The van der Waals surface area contributed by atoms with Gasteiger partial charge in [0, 0.05) is 12.3 Å². The van der Waals surface area contributed by atoms with E-state index in [9.17, 15) is 13.2 Å². The third-order valence-electron chi connectivity index (χ3n) is 2.39. The Morgan fingerprint density at radius 1 is 1.42 bits per heavy atom. The van der Waals surface area contributed by atoms with Gasteiger partial charge in [0.15, 0.2) is 0 Å². The maximum Gasteiger partial charge on any atom is 0.287 e. The van der Waals surface area contributed by atoms with Crippen molar-refractivity contribution >= 4 is 27.1 Å². The summed E-state index contributed by atoms with van der Waals surface area (Å²) >= 11 is 5.97. The van der Waals surface area contributed by atoms with Crippen LogP contribution in [-0.4, -0.2) is 36.2 Å². The Kier molecular flexibility index (Phi) is 4.98. The third kappa shape index (κ3) is 4.50. The molecular weight excluding hydrogens is 290 g/mol. The summed E-state index contributed by atoms with van der Waals surface area (Å²) in [5.41, 5.74) is -0.0482. The predicted molar refractivity (Wildman–Crippen MR) is 76.7 cm³/mol. The molecule has 1 aromatic heterocycles. The molecular formula is C11H18ClN3O3S. The molecule has 1 atom stereocenters. The van der Waals surface area contributed by atoms with Gasteiger partial charge in [-0.3, -0.25) is 4.79 Å². The van der Waals surface area contributed by atoms with Crippen LogP contribution in [0.25, 0.3) is 0 Å². The molecule has 0 saturated carbocycles. The van der Waals surface area contributed by atoms with Crippen LogP contribution in [0.15, 0.2) is 11.0 Å². The van der Waals surface area contributed by atoms with Crippen molar-refractivity contribution in [3.05, 3.63) is 21.6 Å². The van der Waals surface area contributed by atoms with Crippen molar-refractivity contribution in [3.63, 3.8) is 0 Å². The number of anilines is 1. The van der Waals surface area contributed by atoms with Gasteiger partial charge in [-0.1, -0.05) is 11.6 Å². The molecule has 0 aliphatic rings. The van der Waals surface area contributed by atoms with E-state index < -0.39 is 15.4 Å². The number of rotatable bonds is 5. The summed E-state index contributed by atoms with van der Waals surface area (Å²) in [6.07, 6.45) is 2.59. The number of nitrogens with zero attached hydrogens (tertiary/aromatic N) is 2. The first-order valence-corrected chi connectivity index (χ1v) is 8.27. The Morgan fingerprint density at radius 3 is 2.47 bits per heavy atom. The summed E-state index contributed by atoms with van der Waals surface area (Å²) in [5.74, 6) is -0.0450. The lowest BCUT2D eigenvalue weighted by atomic mass is 10.3.